The number of carbonyl (C=O) groups is 1. The fourth-order valence-corrected chi connectivity index (χ4v) is 1.40. The van der Waals surface area contributed by atoms with Crippen LogP contribution in [0.25, 0.3) is 0 Å². The van der Waals surface area contributed by atoms with Crippen molar-refractivity contribution in [3.63, 3.8) is 0 Å². The molecule has 0 aromatic carbocycles. The fraction of sp³-hybridized carbons (Fsp3) is 0.889. The van der Waals surface area contributed by atoms with Crippen molar-refractivity contribution in [2.24, 2.45) is 5.92 Å². The molecule has 11 heavy (non-hydrogen) atoms. The van der Waals surface area contributed by atoms with Crippen LogP contribution in [0.4, 0.5) is 0 Å². The number of ether oxygens (including phenoxy) is 1. The summed E-state index contributed by atoms with van der Waals surface area (Å²) in [6.45, 7) is 4.71. The molecule has 0 bridgehead atoms. The average Bonchev–Trinajstić information content (AvgIpc) is 1.93. The zero-order valence-electron chi connectivity index (χ0n) is 7.30. The number of Topliss-reactive ketones (excluding diaryl/α,β-unsaturated/α-hetero) is 1. The van der Waals surface area contributed by atoms with E-state index in [4.69, 9.17) is 4.74 Å². The second-order valence-corrected chi connectivity index (χ2v) is 3.64. The van der Waals surface area contributed by atoms with Crippen LogP contribution in [0.1, 0.15) is 33.1 Å². The van der Waals surface area contributed by atoms with Crippen LogP contribution < -0.4 is 0 Å². The molecule has 1 saturated heterocycles. The van der Waals surface area contributed by atoms with E-state index in [1.54, 1.807) is 0 Å². The summed E-state index contributed by atoms with van der Waals surface area (Å²) in [6, 6.07) is 0. The largest absolute Gasteiger partial charge is 0.370 e. The summed E-state index contributed by atoms with van der Waals surface area (Å²) in [5.41, 5.74) is 0. The molecule has 1 aliphatic rings. The first-order valence-corrected chi connectivity index (χ1v) is 4.32. The van der Waals surface area contributed by atoms with Gasteiger partial charge in [-0.05, 0) is 18.8 Å². The monoisotopic (exact) mass is 156 g/mol. The Balaban J connectivity index is 2.22. The molecule has 1 rings (SSSR count). The minimum atomic E-state index is 0.255. The zero-order chi connectivity index (χ0) is 8.27. The average molecular weight is 156 g/mol. The predicted octanol–water partition coefficient (Wildman–Crippen LogP) is 1.78. The minimum Gasteiger partial charge on any atom is -0.370 e. The molecule has 1 heterocycles. The van der Waals surface area contributed by atoms with Crippen molar-refractivity contribution in [2.75, 3.05) is 6.61 Å². The lowest BCUT2D eigenvalue weighted by molar-refractivity contribution is -0.131. The number of hydrogen-bond donors (Lipinski definition) is 0. The van der Waals surface area contributed by atoms with E-state index >= 15 is 0 Å². The van der Waals surface area contributed by atoms with Gasteiger partial charge in [-0.25, -0.2) is 0 Å². The van der Waals surface area contributed by atoms with Gasteiger partial charge in [0.05, 0.1) is 6.10 Å². The van der Waals surface area contributed by atoms with Gasteiger partial charge < -0.3 is 4.74 Å². The molecule has 0 spiro atoms. The first-order chi connectivity index (χ1) is 5.18. The Labute approximate surface area is 67.9 Å². The lowest BCUT2D eigenvalue weighted by Crippen LogP contribution is -2.26. The lowest BCUT2D eigenvalue weighted by Gasteiger charge is -2.23. The van der Waals surface area contributed by atoms with Gasteiger partial charge >= 0.3 is 0 Å². The van der Waals surface area contributed by atoms with Crippen molar-refractivity contribution in [1.82, 2.24) is 0 Å². The van der Waals surface area contributed by atoms with Gasteiger partial charge in [0.15, 0.2) is 5.78 Å². The van der Waals surface area contributed by atoms with Gasteiger partial charge in [-0.15, -0.1) is 0 Å². The van der Waals surface area contributed by atoms with Crippen LogP contribution >= 0.6 is 0 Å². The van der Waals surface area contributed by atoms with Gasteiger partial charge in [0.1, 0.15) is 6.61 Å². The standard InChI is InChI=1S/C9H16O2/c1-7(2)5-9-4-3-8(10)6-11-9/h7,9H,3-6H2,1-2H3/t9-/m1/s1. The lowest BCUT2D eigenvalue weighted by atomic mass is 9.99. The maximum atomic E-state index is 10.8. The van der Waals surface area contributed by atoms with Crippen LogP contribution in [0.2, 0.25) is 0 Å². The molecule has 0 N–H and O–H groups in total. The van der Waals surface area contributed by atoms with Crippen molar-refractivity contribution < 1.29 is 9.53 Å². The maximum absolute atomic E-state index is 10.8. The summed E-state index contributed by atoms with van der Waals surface area (Å²) in [7, 11) is 0. The van der Waals surface area contributed by atoms with E-state index in [0.29, 0.717) is 18.6 Å². The molecular weight excluding hydrogens is 140 g/mol. The highest BCUT2D eigenvalue weighted by atomic mass is 16.5. The van der Waals surface area contributed by atoms with Gasteiger partial charge in [0.25, 0.3) is 0 Å². The zero-order valence-corrected chi connectivity index (χ0v) is 7.30. The van der Waals surface area contributed by atoms with Gasteiger partial charge in [-0.1, -0.05) is 13.8 Å². The Morgan fingerprint density at radius 1 is 1.64 bits per heavy atom. The molecule has 64 valence electrons. The summed E-state index contributed by atoms with van der Waals surface area (Å²) >= 11 is 0. The molecular formula is C9H16O2. The van der Waals surface area contributed by atoms with Crippen LogP contribution in [0, 0.1) is 5.92 Å². The van der Waals surface area contributed by atoms with E-state index in [1.165, 1.54) is 0 Å². The van der Waals surface area contributed by atoms with E-state index < -0.39 is 0 Å². The summed E-state index contributed by atoms with van der Waals surface area (Å²) in [5, 5.41) is 0. The van der Waals surface area contributed by atoms with Gasteiger partial charge in [-0.2, -0.15) is 0 Å². The summed E-state index contributed by atoms with van der Waals surface area (Å²) in [6.07, 6.45) is 3.08. The van der Waals surface area contributed by atoms with Crippen LogP contribution in [0.5, 0.6) is 0 Å². The van der Waals surface area contributed by atoms with E-state index in [2.05, 4.69) is 13.8 Å². The van der Waals surface area contributed by atoms with Crippen molar-refractivity contribution >= 4 is 5.78 Å². The first kappa shape index (κ1) is 8.72. The Morgan fingerprint density at radius 2 is 2.36 bits per heavy atom. The number of carbonyl (C=O) groups excluding carboxylic acids is 1. The Kier molecular flexibility index (Phi) is 3.06. The third kappa shape index (κ3) is 3.02. The van der Waals surface area contributed by atoms with E-state index in [1.807, 2.05) is 0 Å². The topological polar surface area (TPSA) is 26.3 Å². The predicted molar refractivity (Wildman–Crippen MR) is 43.4 cm³/mol. The van der Waals surface area contributed by atoms with E-state index in [0.717, 1.165) is 19.3 Å². The molecule has 0 amide bonds. The van der Waals surface area contributed by atoms with Crippen LogP contribution in [-0.4, -0.2) is 18.5 Å². The first-order valence-electron chi connectivity index (χ1n) is 4.32. The maximum Gasteiger partial charge on any atom is 0.158 e. The molecule has 0 radical (unpaired) electrons. The number of hydrogen-bond acceptors (Lipinski definition) is 2. The molecule has 1 atom stereocenters. The summed E-state index contributed by atoms with van der Waals surface area (Å²) in [5.74, 6) is 0.929. The van der Waals surface area contributed by atoms with Crippen LogP contribution in [0.15, 0.2) is 0 Å². The van der Waals surface area contributed by atoms with E-state index in [-0.39, 0.29) is 5.78 Å². The number of rotatable bonds is 2. The Hall–Kier alpha value is -0.370. The Bertz CT molecular complexity index is 130. The smallest absolute Gasteiger partial charge is 0.158 e. The van der Waals surface area contributed by atoms with Crippen molar-refractivity contribution in [2.45, 2.75) is 39.2 Å². The quantitative estimate of drug-likeness (QED) is 0.609. The normalized spacial score (nSPS) is 26.1. The fourth-order valence-electron chi connectivity index (χ4n) is 1.40. The highest BCUT2D eigenvalue weighted by Gasteiger charge is 2.19. The van der Waals surface area contributed by atoms with Crippen molar-refractivity contribution in [3.05, 3.63) is 0 Å². The van der Waals surface area contributed by atoms with Crippen LogP contribution in [-0.2, 0) is 9.53 Å². The van der Waals surface area contributed by atoms with Gasteiger partial charge in [-0.3, -0.25) is 4.79 Å². The third-order valence-electron chi connectivity index (χ3n) is 1.96. The van der Waals surface area contributed by atoms with Crippen molar-refractivity contribution in [1.29, 1.82) is 0 Å². The number of ketones is 1. The molecule has 0 aliphatic carbocycles. The highest BCUT2D eigenvalue weighted by Crippen LogP contribution is 2.17. The summed E-state index contributed by atoms with van der Waals surface area (Å²) in [4.78, 5) is 10.8. The Morgan fingerprint density at radius 3 is 2.82 bits per heavy atom. The summed E-state index contributed by atoms with van der Waals surface area (Å²) < 4.78 is 5.35. The molecule has 0 saturated carbocycles. The van der Waals surface area contributed by atoms with Crippen molar-refractivity contribution in [3.8, 4) is 0 Å². The highest BCUT2D eigenvalue weighted by molar-refractivity contribution is 5.80. The van der Waals surface area contributed by atoms with Gasteiger partial charge in [0.2, 0.25) is 0 Å². The molecule has 2 heteroatoms. The molecule has 0 aromatic rings. The molecule has 1 aliphatic heterocycles. The molecule has 1 fully saturated rings. The molecule has 2 nitrogen and oxygen atoms in total. The second-order valence-electron chi connectivity index (χ2n) is 3.64. The minimum absolute atomic E-state index is 0.255. The molecule has 0 unspecified atom stereocenters. The SMILES string of the molecule is CC(C)C[C@H]1CCC(=O)CO1. The molecule has 0 aromatic heterocycles. The van der Waals surface area contributed by atoms with E-state index in [9.17, 15) is 4.79 Å². The third-order valence-corrected chi connectivity index (χ3v) is 1.96. The van der Waals surface area contributed by atoms with Gasteiger partial charge in [0, 0.05) is 6.42 Å². The second kappa shape index (κ2) is 3.86. The van der Waals surface area contributed by atoms with Crippen LogP contribution in [0.3, 0.4) is 0 Å².